The molecule has 24 heavy (non-hydrogen) atoms. The van der Waals surface area contributed by atoms with E-state index in [1.165, 1.54) is 24.2 Å². The van der Waals surface area contributed by atoms with Crippen LogP contribution in [0, 0.1) is 6.92 Å². The Morgan fingerprint density at radius 1 is 1.00 bits per heavy atom. The third-order valence-electron chi connectivity index (χ3n) is 4.88. The predicted octanol–water partition coefficient (Wildman–Crippen LogP) is 3.80. The SMILES string of the molecule is Cc1ccc(S(=O)(=O)N2CCCc3ccc(N4CCCC4)cc32)s1. The summed E-state index contributed by atoms with van der Waals surface area (Å²) in [5, 5.41) is 0. The fraction of sp³-hybridized carbons (Fsp3) is 0.444. The zero-order valence-electron chi connectivity index (χ0n) is 13.9. The molecule has 0 radical (unpaired) electrons. The van der Waals surface area contributed by atoms with Crippen LogP contribution in [0.15, 0.2) is 34.5 Å². The van der Waals surface area contributed by atoms with Crippen LogP contribution < -0.4 is 9.21 Å². The summed E-state index contributed by atoms with van der Waals surface area (Å²) in [6.45, 7) is 4.64. The summed E-state index contributed by atoms with van der Waals surface area (Å²) < 4.78 is 28.3. The predicted molar refractivity (Wildman–Crippen MR) is 99.8 cm³/mol. The zero-order valence-corrected chi connectivity index (χ0v) is 15.5. The lowest BCUT2D eigenvalue weighted by Crippen LogP contribution is -2.35. The van der Waals surface area contributed by atoms with E-state index in [9.17, 15) is 8.42 Å². The fourth-order valence-electron chi connectivity index (χ4n) is 3.61. The Bertz CT molecular complexity index is 852. The molecule has 0 unspecified atom stereocenters. The number of benzene rings is 1. The summed E-state index contributed by atoms with van der Waals surface area (Å²) in [6, 6.07) is 9.95. The summed E-state index contributed by atoms with van der Waals surface area (Å²) in [4.78, 5) is 3.38. The molecule has 2 aromatic rings. The molecule has 0 spiro atoms. The molecule has 4 nitrogen and oxygen atoms in total. The molecule has 0 amide bonds. The van der Waals surface area contributed by atoms with Crippen LogP contribution in [-0.2, 0) is 16.4 Å². The highest BCUT2D eigenvalue weighted by Gasteiger charge is 2.30. The van der Waals surface area contributed by atoms with E-state index >= 15 is 0 Å². The quantitative estimate of drug-likeness (QED) is 0.834. The lowest BCUT2D eigenvalue weighted by molar-refractivity contribution is 0.588. The summed E-state index contributed by atoms with van der Waals surface area (Å²) in [5.74, 6) is 0. The van der Waals surface area contributed by atoms with E-state index in [4.69, 9.17) is 0 Å². The largest absolute Gasteiger partial charge is 0.371 e. The van der Waals surface area contributed by atoms with Crippen LogP contribution in [-0.4, -0.2) is 28.1 Å². The number of rotatable bonds is 3. The maximum absolute atomic E-state index is 13.1. The smallest absolute Gasteiger partial charge is 0.273 e. The number of anilines is 2. The fourth-order valence-corrected chi connectivity index (χ4v) is 6.54. The monoisotopic (exact) mass is 362 g/mol. The van der Waals surface area contributed by atoms with Crippen LogP contribution in [0.4, 0.5) is 11.4 Å². The Hall–Kier alpha value is -1.53. The number of nitrogens with zero attached hydrogens (tertiary/aromatic N) is 2. The number of thiophene rings is 1. The molecule has 1 aromatic heterocycles. The normalized spacial score (nSPS) is 18.0. The number of sulfonamides is 1. The maximum atomic E-state index is 13.1. The molecule has 1 aromatic carbocycles. The molecule has 4 rings (SSSR count). The highest BCUT2D eigenvalue weighted by atomic mass is 32.2. The van der Waals surface area contributed by atoms with Crippen molar-refractivity contribution in [1.82, 2.24) is 0 Å². The third kappa shape index (κ3) is 2.71. The minimum absolute atomic E-state index is 0.444. The van der Waals surface area contributed by atoms with Crippen LogP contribution in [0.5, 0.6) is 0 Å². The van der Waals surface area contributed by atoms with Crippen LogP contribution >= 0.6 is 11.3 Å². The maximum Gasteiger partial charge on any atom is 0.273 e. The first-order chi connectivity index (χ1) is 11.6. The number of fused-ring (bicyclic) bond motifs is 1. The molecule has 2 aliphatic rings. The molecule has 0 N–H and O–H groups in total. The van der Waals surface area contributed by atoms with E-state index in [1.54, 1.807) is 10.4 Å². The van der Waals surface area contributed by atoms with E-state index in [1.807, 2.05) is 13.0 Å². The van der Waals surface area contributed by atoms with Gasteiger partial charge < -0.3 is 4.90 Å². The Kier molecular flexibility index (Phi) is 4.04. The van der Waals surface area contributed by atoms with Crippen LogP contribution in [0.1, 0.15) is 29.7 Å². The Morgan fingerprint density at radius 3 is 2.50 bits per heavy atom. The van der Waals surface area contributed by atoms with Gasteiger partial charge in [-0.25, -0.2) is 8.42 Å². The molecule has 6 heteroatoms. The second-order valence-corrected chi connectivity index (χ2v) is 9.93. The van der Waals surface area contributed by atoms with Crippen LogP contribution in [0.2, 0.25) is 0 Å². The molecule has 0 saturated carbocycles. The van der Waals surface area contributed by atoms with Gasteiger partial charge in [-0.2, -0.15) is 0 Å². The van der Waals surface area contributed by atoms with Gasteiger partial charge >= 0.3 is 0 Å². The van der Waals surface area contributed by atoms with Gasteiger partial charge in [0.25, 0.3) is 10.0 Å². The Morgan fingerprint density at radius 2 is 1.79 bits per heavy atom. The summed E-state index contributed by atoms with van der Waals surface area (Å²) >= 11 is 1.35. The lowest BCUT2D eigenvalue weighted by Gasteiger charge is -2.31. The van der Waals surface area contributed by atoms with E-state index in [2.05, 4.69) is 23.1 Å². The van der Waals surface area contributed by atoms with Crippen molar-refractivity contribution in [3.05, 3.63) is 40.8 Å². The van der Waals surface area contributed by atoms with E-state index < -0.39 is 10.0 Å². The minimum Gasteiger partial charge on any atom is -0.371 e. The van der Waals surface area contributed by atoms with Crippen molar-refractivity contribution in [2.45, 2.75) is 36.8 Å². The topological polar surface area (TPSA) is 40.6 Å². The van der Waals surface area contributed by atoms with Crippen molar-refractivity contribution in [1.29, 1.82) is 0 Å². The third-order valence-corrected chi connectivity index (χ3v) is 8.16. The molecular formula is C18H22N2O2S2. The van der Waals surface area contributed by atoms with Gasteiger partial charge in [0.15, 0.2) is 0 Å². The van der Waals surface area contributed by atoms with Crippen LogP contribution in [0.25, 0.3) is 0 Å². The minimum atomic E-state index is -3.46. The van der Waals surface area contributed by atoms with Gasteiger partial charge in [-0.05, 0) is 62.4 Å². The first-order valence-corrected chi connectivity index (χ1v) is 10.8. The van der Waals surface area contributed by atoms with Gasteiger partial charge in [0.05, 0.1) is 5.69 Å². The molecule has 1 fully saturated rings. The molecule has 128 valence electrons. The number of aryl methyl sites for hydroxylation is 2. The van der Waals surface area contributed by atoms with Crippen molar-refractivity contribution >= 4 is 32.7 Å². The molecule has 1 saturated heterocycles. The van der Waals surface area contributed by atoms with Crippen molar-refractivity contribution in [3.8, 4) is 0 Å². The van der Waals surface area contributed by atoms with Crippen molar-refractivity contribution in [2.24, 2.45) is 0 Å². The molecule has 0 atom stereocenters. The molecule has 0 bridgehead atoms. The van der Waals surface area contributed by atoms with Crippen molar-refractivity contribution in [2.75, 3.05) is 28.8 Å². The summed E-state index contributed by atoms with van der Waals surface area (Å²) in [5.41, 5.74) is 3.16. The molecule has 2 aliphatic heterocycles. The van der Waals surface area contributed by atoms with Crippen molar-refractivity contribution < 1.29 is 8.42 Å². The highest BCUT2D eigenvalue weighted by Crippen LogP contribution is 2.37. The van der Waals surface area contributed by atoms with Gasteiger partial charge in [-0.3, -0.25) is 4.31 Å². The molecular weight excluding hydrogens is 340 g/mol. The first kappa shape index (κ1) is 16.0. The summed E-state index contributed by atoms with van der Waals surface area (Å²) in [6.07, 6.45) is 4.26. The summed E-state index contributed by atoms with van der Waals surface area (Å²) in [7, 11) is -3.46. The number of hydrogen-bond acceptors (Lipinski definition) is 4. The Labute approximate surface area is 147 Å². The number of hydrogen-bond donors (Lipinski definition) is 0. The average Bonchev–Trinajstić information content (AvgIpc) is 3.25. The Balaban J connectivity index is 1.75. The lowest BCUT2D eigenvalue weighted by atomic mass is 10.0. The van der Waals surface area contributed by atoms with Gasteiger partial charge in [0.2, 0.25) is 0 Å². The van der Waals surface area contributed by atoms with Gasteiger partial charge in [0, 0.05) is 30.2 Å². The van der Waals surface area contributed by atoms with Gasteiger partial charge in [-0.15, -0.1) is 11.3 Å². The highest BCUT2D eigenvalue weighted by molar-refractivity contribution is 7.94. The molecule has 0 aliphatic carbocycles. The standard InChI is InChI=1S/C18H22N2O2S2/c1-14-6-9-18(23-14)24(21,22)20-12-4-5-15-7-8-16(13-17(15)20)19-10-2-3-11-19/h6-9,13H,2-5,10-12H2,1H3. The average molecular weight is 363 g/mol. The first-order valence-electron chi connectivity index (χ1n) is 8.53. The van der Waals surface area contributed by atoms with Crippen molar-refractivity contribution in [3.63, 3.8) is 0 Å². The van der Waals surface area contributed by atoms with Crippen LogP contribution in [0.3, 0.4) is 0 Å². The molecule has 3 heterocycles. The second kappa shape index (κ2) is 6.08. The van der Waals surface area contributed by atoms with E-state index in [0.29, 0.717) is 10.8 Å². The van der Waals surface area contributed by atoms with E-state index in [-0.39, 0.29) is 0 Å². The van der Waals surface area contributed by atoms with Gasteiger partial charge in [0.1, 0.15) is 4.21 Å². The van der Waals surface area contributed by atoms with E-state index in [0.717, 1.165) is 47.7 Å². The second-order valence-electron chi connectivity index (χ2n) is 6.55. The zero-order chi connectivity index (χ0) is 16.7. The van der Waals surface area contributed by atoms with Gasteiger partial charge in [-0.1, -0.05) is 6.07 Å².